The zero-order valence-electron chi connectivity index (χ0n) is 13.3. The molecule has 1 amide bonds. The number of carbonyl (C=O) groups excluding carboxylic acids is 2. The van der Waals surface area contributed by atoms with E-state index in [-0.39, 0.29) is 0 Å². The molecule has 0 aliphatic rings. The molecule has 2 heterocycles. The number of nitrogens with one attached hydrogen (secondary N) is 1. The highest BCUT2D eigenvalue weighted by atomic mass is 32.1. The Morgan fingerprint density at radius 1 is 1.00 bits per heavy atom. The number of hydrogen-bond donors (Lipinski definition) is 1. The fourth-order valence-corrected chi connectivity index (χ4v) is 4.98. The Morgan fingerprint density at radius 3 is 2.69 bits per heavy atom. The van der Waals surface area contributed by atoms with Gasteiger partial charge in [-0.15, -0.1) is 22.7 Å². The van der Waals surface area contributed by atoms with E-state index in [4.69, 9.17) is 4.74 Å². The first-order chi connectivity index (χ1) is 12.6. The maximum atomic E-state index is 13.1. The number of carbonyl (C=O) groups is 2. The number of thiophene rings is 2. The topological polar surface area (TPSA) is 55.4 Å². The number of rotatable bonds is 4. The first-order valence-corrected chi connectivity index (χ1v) is 9.37. The lowest BCUT2D eigenvalue weighted by atomic mass is 10.2. The number of ether oxygens (including phenoxy) is 1. The minimum absolute atomic E-state index is 0.314. The lowest BCUT2D eigenvalue weighted by Gasteiger charge is -2.05. The lowest BCUT2D eigenvalue weighted by Crippen LogP contribution is -2.20. The third kappa shape index (κ3) is 3.31. The molecule has 0 aliphatic carbocycles. The predicted molar refractivity (Wildman–Crippen MR) is 103 cm³/mol. The molecule has 2 aromatic carbocycles. The summed E-state index contributed by atoms with van der Waals surface area (Å²) in [5.74, 6) is -1.52. The van der Waals surface area contributed by atoms with Gasteiger partial charge in [0, 0.05) is 20.5 Å². The zero-order chi connectivity index (χ0) is 18.1. The number of amides is 1. The van der Waals surface area contributed by atoms with Crippen LogP contribution >= 0.6 is 22.7 Å². The molecule has 0 fully saturated rings. The monoisotopic (exact) mass is 385 g/mol. The maximum absolute atomic E-state index is 13.1. The van der Waals surface area contributed by atoms with E-state index < -0.39 is 24.3 Å². The molecule has 0 bridgehead atoms. The molecule has 0 unspecified atom stereocenters. The minimum Gasteiger partial charge on any atom is -0.451 e. The van der Waals surface area contributed by atoms with Gasteiger partial charge < -0.3 is 10.1 Å². The summed E-state index contributed by atoms with van der Waals surface area (Å²) in [6, 6.07) is 15.3. The standard InChI is InChI=1S/C19H12FNO3S2/c20-11-4-3-5-12(8-11)21-17(22)10-24-19(23)16-9-15-18(26-16)13-6-1-2-7-14(13)25-15/h1-9H,10H2,(H,21,22). The Balaban J connectivity index is 1.43. The summed E-state index contributed by atoms with van der Waals surface area (Å²) in [4.78, 5) is 24.5. The third-order valence-electron chi connectivity index (χ3n) is 3.69. The summed E-state index contributed by atoms with van der Waals surface area (Å²) in [5, 5.41) is 3.60. The molecule has 0 atom stereocenters. The number of anilines is 1. The first kappa shape index (κ1) is 16.7. The molecule has 4 aromatic rings. The van der Waals surface area contributed by atoms with E-state index in [9.17, 15) is 14.0 Å². The van der Waals surface area contributed by atoms with Crippen LogP contribution < -0.4 is 5.32 Å². The van der Waals surface area contributed by atoms with Crippen molar-refractivity contribution < 1.29 is 18.7 Å². The van der Waals surface area contributed by atoms with Crippen molar-refractivity contribution in [2.45, 2.75) is 0 Å². The van der Waals surface area contributed by atoms with Crippen LogP contribution in [-0.2, 0) is 9.53 Å². The van der Waals surface area contributed by atoms with Crippen LogP contribution in [0.1, 0.15) is 9.67 Å². The first-order valence-electron chi connectivity index (χ1n) is 7.74. The highest BCUT2D eigenvalue weighted by molar-refractivity contribution is 7.33. The summed E-state index contributed by atoms with van der Waals surface area (Å²) in [7, 11) is 0. The minimum atomic E-state index is -0.545. The number of hydrogen-bond acceptors (Lipinski definition) is 5. The normalized spacial score (nSPS) is 11.0. The molecule has 0 saturated carbocycles. The predicted octanol–water partition coefficient (Wildman–Crippen LogP) is 5.05. The highest BCUT2D eigenvalue weighted by Crippen LogP contribution is 2.39. The van der Waals surface area contributed by atoms with Crippen LogP contribution in [0.2, 0.25) is 0 Å². The van der Waals surface area contributed by atoms with Gasteiger partial charge in [-0.1, -0.05) is 24.3 Å². The molecule has 0 saturated heterocycles. The molecule has 7 heteroatoms. The fourth-order valence-electron chi connectivity index (χ4n) is 2.57. The van der Waals surface area contributed by atoms with Crippen molar-refractivity contribution in [3.8, 4) is 0 Å². The molecule has 4 rings (SSSR count). The van der Waals surface area contributed by atoms with E-state index in [0.29, 0.717) is 10.6 Å². The van der Waals surface area contributed by atoms with Crippen molar-refractivity contribution in [1.82, 2.24) is 0 Å². The van der Waals surface area contributed by atoms with Crippen molar-refractivity contribution in [3.63, 3.8) is 0 Å². The van der Waals surface area contributed by atoms with Crippen LogP contribution in [0.3, 0.4) is 0 Å². The second-order valence-corrected chi connectivity index (χ2v) is 7.67. The Hall–Kier alpha value is -2.77. The van der Waals surface area contributed by atoms with Gasteiger partial charge in [0.2, 0.25) is 0 Å². The van der Waals surface area contributed by atoms with Crippen LogP contribution in [0.25, 0.3) is 19.5 Å². The molecule has 0 aliphatic heterocycles. The molecular weight excluding hydrogens is 373 g/mol. The number of fused-ring (bicyclic) bond motifs is 3. The van der Waals surface area contributed by atoms with Crippen LogP contribution in [0.4, 0.5) is 10.1 Å². The quantitative estimate of drug-likeness (QED) is 0.500. The Morgan fingerprint density at radius 2 is 1.85 bits per heavy atom. The van der Waals surface area contributed by atoms with Crippen LogP contribution in [0.15, 0.2) is 54.6 Å². The summed E-state index contributed by atoms with van der Waals surface area (Å²) in [6.07, 6.45) is 0. The summed E-state index contributed by atoms with van der Waals surface area (Å²) in [5.41, 5.74) is 0.314. The highest BCUT2D eigenvalue weighted by Gasteiger charge is 2.16. The second-order valence-electron chi connectivity index (χ2n) is 5.54. The average Bonchev–Trinajstić information content (AvgIpc) is 3.17. The van der Waals surface area contributed by atoms with E-state index in [0.717, 1.165) is 14.8 Å². The smallest absolute Gasteiger partial charge is 0.348 e. The van der Waals surface area contributed by atoms with Gasteiger partial charge in [-0.3, -0.25) is 4.79 Å². The average molecular weight is 385 g/mol. The summed E-state index contributed by atoms with van der Waals surface area (Å²) < 4.78 is 21.4. The van der Waals surface area contributed by atoms with E-state index in [2.05, 4.69) is 5.32 Å². The van der Waals surface area contributed by atoms with E-state index in [1.807, 2.05) is 24.3 Å². The second kappa shape index (κ2) is 6.86. The number of benzene rings is 2. The number of halogens is 1. The number of esters is 1. The third-order valence-corrected chi connectivity index (χ3v) is 6.09. The Bertz CT molecular complexity index is 1130. The van der Waals surface area contributed by atoms with Gasteiger partial charge >= 0.3 is 5.97 Å². The molecule has 26 heavy (non-hydrogen) atoms. The molecule has 130 valence electrons. The van der Waals surface area contributed by atoms with E-state index in [1.165, 1.54) is 34.2 Å². The van der Waals surface area contributed by atoms with Gasteiger partial charge in [0.25, 0.3) is 5.91 Å². The molecule has 0 radical (unpaired) electrons. The SMILES string of the molecule is O=C(COC(=O)c1cc2sc3ccccc3c2s1)Nc1cccc(F)c1. The lowest BCUT2D eigenvalue weighted by molar-refractivity contribution is -0.119. The van der Waals surface area contributed by atoms with Crippen molar-refractivity contribution in [2.75, 3.05) is 11.9 Å². The summed E-state index contributed by atoms with van der Waals surface area (Å²) >= 11 is 2.97. The van der Waals surface area contributed by atoms with Crippen molar-refractivity contribution in [1.29, 1.82) is 0 Å². The van der Waals surface area contributed by atoms with Gasteiger partial charge in [-0.05, 0) is 30.3 Å². The molecule has 2 aromatic heterocycles. The van der Waals surface area contributed by atoms with Crippen molar-refractivity contribution >= 4 is 59.7 Å². The summed E-state index contributed by atoms with van der Waals surface area (Å²) in [6.45, 7) is -0.429. The van der Waals surface area contributed by atoms with Gasteiger partial charge in [0.1, 0.15) is 10.7 Å². The van der Waals surface area contributed by atoms with E-state index in [1.54, 1.807) is 23.5 Å². The van der Waals surface area contributed by atoms with Gasteiger partial charge in [-0.25, -0.2) is 9.18 Å². The Labute approximate surface area is 155 Å². The van der Waals surface area contributed by atoms with Crippen LogP contribution in [-0.4, -0.2) is 18.5 Å². The van der Waals surface area contributed by atoms with Gasteiger partial charge in [-0.2, -0.15) is 0 Å². The molecule has 0 spiro atoms. The van der Waals surface area contributed by atoms with Crippen LogP contribution in [0.5, 0.6) is 0 Å². The van der Waals surface area contributed by atoms with Gasteiger partial charge in [0.15, 0.2) is 6.61 Å². The van der Waals surface area contributed by atoms with Crippen LogP contribution in [0, 0.1) is 5.82 Å². The molecular formula is C19H12FNO3S2. The molecule has 1 N–H and O–H groups in total. The zero-order valence-corrected chi connectivity index (χ0v) is 15.0. The maximum Gasteiger partial charge on any atom is 0.348 e. The van der Waals surface area contributed by atoms with Crippen molar-refractivity contribution in [2.24, 2.45) is 0 Å². The van der Waals surface area contributed by atoms with Gasteiger partial charge in [0.05, 0.1) is 4.70 Å². The largest absolute Gasteiger partial charge is 0.451 e. The Kier molecular flexibility index (Phi) is 4.40. The van der Waals surface area contributed by atoms with E-state index >= 15 is 0 Å². The fraction of sp³-hybridized carbons (Fsp3) is 0.0526. The molecule has 4 nitrogen and oxygen atoms in total. The van der Waals surface area contributed by atoms with Crippen molar-refractivity contribution in [3.05, 3.63) is 65.3 Å².